The van der Waals surface area contributed by atoms with Crippen molar-refractivity contribution in [2.24, 2.45) is 5.73 Å². The van der Waals surface area contributed by atoms with Crippen LogP contribution in [0.4, 0.5) is 10.1 Å². The maximum atomic E-state index is 13.7. The van der Waals surface area contributed by atoms with Crippen LogP contribution in [0, 0.1) is 5.82 Å². The number of hydrogen-bond acceptors (Lipinski definition) is 2. The summed E-state index contributed by atoms with van der Waals surface area (Å²) in [5, 5.41) is 0. The second-order valence-electron chi connectivity index (χ2n) is 4.83. The fourth-order valence-electron chi connectivity index (χ4n) is 2.65. The topological polar surface area (TPSA) is 29.3 Å². The first-order valence-electron chi connectivity index (χ1n) is 6.48. The van der Waals surface area contributed by atoms with Gasteiger partial charge in [0.2, 0.25) is 0 Å². The summed E-state index contributed by atoms with van der Waals surface area (Å²) < 4.78 is 13.7. The molecule has 1 heterocycles. The molecule has 1 unspecified atom stereocenters. The molecule has 0 saturated carbocycles. The minimum absolute atomic E-state index is 0.179. The maximum absolute atomic E-state index is 13.7. The third-order valence-corrected chi connectivity index (χ3v) is 3.66. The van der Waals surface area contributed by atoms with Crippen molar-refractivity contribution < 1.29 is 4.39 Å². The van der Waals surface area contributed by atoms with E-state index in [4.69, 9.17) is 5.73 Å². The molecule has 0 spiro atoms. The second-order valence-corrected chi connectivity index (χ2v) is 4.83. The maximum Gasteiger partial charge on any atom is 0.129 e. The standard InChI is InChI=1S/C14H21FN2/c1-11-6-3-2-4-9-17(11)14-8-5-7-13(15)12(14)10-16/h5,7-8,11H,2-4,6,9-10,16H2,1H3. The Morgan fingerprint density at radius 1 is 1.35 bits per heavy atom. The summed E-state index contributed by atoms with van der Waals surface area (Å²) in [6.07, 6.45) is 4.91. The van der Waals surface area contributed by atoms with Crippen molar-refractivity contribution >= 4 is 5.69 Å². The normalized spacial score (nSPS) is 21.4. The zero-order chi connectivity index (χ0) is 12.3. The number of nitrogens with two attached hydrogens (primary N) is 1. The summed E-state index contributed by atoms with van der Waals surface area (Å²) in [4.78, 5) is 2.32. The summed E-state index contributed by atoms with van der Waals surface area (Å²) >= 11 is 0. The summed E-state index contributed by atoms with van der Waals surface area (Å²) in [5.41, 5.74) is 7.32. The molecular weight excluding hydrogens is 215 g/mol. The average Bonchev–Trinajstić information content (AvgIpc) is 2.53. The van der Waals surface area contributed by atoms with Crippen LogP contribution in [0.5, 0.6) is 0 Å². The minimum atomic E-state index is -0.179. The Hall–Kier alpha value is -1.09. The molecule has 0 aromatic heterocycles. The lowest BCUT2D eigenvalue weighted by molar-refractivity contribution is 0.593. The SMILES string of the molecule is CC1CCCCCN1c1cccc(F)c1CN. The van der Waals surface area contributed by atoms with Crippen LogP contribution in [0.1, 0.15) is 38.2 Å². The van der Waals surface area contributed by atoms with E-state index in [2.05, 4.69) is 11.8 Å². The lowest BCUT2D eigenvalue weighted by Gasteiger charge is -2.31. The third-order valence-electron chi connectivity index (χ3n) is 3.66. The molecule has 0 amide bonds. The van der Waals surface area contributed by atoms with Gasteiger partial charge in [0, 0.05) is 30.4 Å². The summed E-state index contributed by atoms with van der Waals surface area (Å²) in [7, 11) is 0. The number of nitrogens with zero attached hydrogens (tertiary/aromatic N) is 1. The van der Waals surface area contributed by atoms with E-state index in [0.29, 0.717) is 11.6 Å². The van der Waals surface area contributed by atoms with Gasteiger partial charge in [0.15, 0.2) is 0 Å². The van der Waals surface area contributed by atoms with Gasteiger partial charge in [-0.3, -0.25) is 0 Å². The van der Waals surface area contributed by atoms with E-state index in [1.54, 1.807) is 6.07 Å². The van der Waals surface area contributed by atoms with Crippen molar-refractivity contribution in [3.8, 4) is 0 Å². The Morgan fingerprint density at radius 2 is 2.18 bits per heavy atom. The number of hydrogen-bond donors (Lipinski definition) is 1. The van der Waals surface area contributed by atoms with E-state index in [9.17, 15) is 4.39 Å². The summed E-state index contributed by atoms with van der Waals surface area (Å²) in [5.74, 6) is -0.179. The molecule has 2 rings (SSSR count). The molecule has 1 saturated heterocycles. The molecule has 1 aliphatic heterocycles. The van der Waals surface area contributed by atoms with E-state index in [1.807, 2.05) is 6.07 Å². The highest BCUT2D eigenvalue weighted by Crippen LogP contribution is 2.28. The molecule has 1 fully saturated rings. The smallest absolute Gasteiger partial charge is 0.129 e. The van der Waals surface area contributed by atoms with Gasteiger partial charge in [-0.1, -0.05) is 18.9 Å². The Morgan fingerprint density at radius 3 is 2.94 bits per heavy atom. The molecule has 1 aromatic carbocycles. The molecule has 17 heavy (non-hydrogen) atoms. The molecule has 94 valence electrons. The number of benzene rings is 1. The van der Waals surface area contributed by atoms with Gasteiger partial charge in [-0.15, -0.1) is 0 Å². The Bertz CT molecular complexity index is 378. The van der Waals surface area contributed by atoms with Crippen molar-refractivity contribution in [1.82, 2.24) is 0 Å². The van der Waals surface area contributed by atoms with Crippen LogP contribution in [0.15, 0.2) is 18.2 Å². The van der Waals surface area contributed by atoms with Gasteiger partial charge in [0.05, 0.1) is 0 Å². The van der Waals surface area contributed by atoms with Crippen molar-refractivity contribution in [2.45, 2.75) is 45.2 Å². The summed E-state index contributed by atoms with van der Waals surface area (Å²) in [6.45, 7) is 3.50. The Balaban J connectivity index is 2.34. The largest absolute Gasteiger partial charge is 0.368 e. The predicted molar refractivity (Wildman–Crippen MR) is 69.6 cm³/mol. The third kappa shape index (κ3) is 2.60. The van der Waals surface area contributed by atoms with Crippen LogP contribution in [0.3, 0.4) is 0 Å². The quantitative estimate of drug-likeness (QED) is 0.855. The lowest BCUT2D eigenvalue weighted by atomic mass is 10.1. The van der Waals surface area contributed by atoms with Crippen LogP contribution < -0.4 is 10.6 Å². The van der Waals surface area contributed by atoms with E-state index < -0.39 is 0 Å². The van der Waals surface area contributed by atoms with Crippen LogP contribution in [-0.2, 0) is 6.54 Å². The number of anilines is 1. The molecule has 1 aromatic rings. The van der Waals surface area contributed by atoms with Crippen LogP contribution in [0.2, 0.25) is 0 Å². The lowest BCUT2D eigenvalue weighted by Crippen LogP contribution is -2.33. The molecular formula is C14H21FN2. The molecule has 3 heteroatoms. The number of rotatable bonds is 2. The second kappa shape index (κ2) is 5.50. The van der Waals surface area contributed by atoms with Gasteiger partial charge in [0.1, 0.15) is 5.82 Å². The summed E-state index contributed by atoms with van der Waals surface area (Å²) in [6, 6.07) is 5.74. The van der Waals surface area contributed by atoms with E-state index in [0.717, 1.165) is 12.2 Å². The molecule has 0 radical (unpaired) electrons. The van der Waals surface area contributed by atoms with Crippen molar-refractivity contribution in [2.75, 3.05) is 11.4 Å². The molecule has 0 aliphatic carbocycles. The Labute approximate surface area is 103 Å². The monoisotopic (exact) mass is 236 g/mol. The van der Waals surface area contributed by atoms with Crippen LogP contribution in [-0.4, -0.2) is 12.6 Å². The molecule has 2 N–H and O–H groups in total. The van der Waals surface area contributed by atoms with Crippen molar-refractivity contribution in [3.63, 3.8) is 0 Å². The Kier molecular flexibility index (Phi) is 4.00. The molecule has 1 atom stereocenters. The minimum Gasteiger partial charge on any atom is -0.368 e. The highest BCUT2D eigenvalue weighted by atomic mass is 19.1. The van der Waals surface area contributed by atoms with E-state index in [-0.39, 0.29) is 12.4 Å². The van der Waals surface area contributed by atoms with Gasteiger partial charge in [-0.25, -0.2) is 4.39 Å². The van der Waals surface area contributed by atoms with E-state index in [1.165, 1.54) is 31.7 Å². The fraction of sp³-hybridized carbons (Fsp3) is 0.571. The van der Waals surface area contributed by atoms with Gasteiger partial charge in [-0.05, 0) is 31.9 Å². The molecule has 0 bridgehead atoms. The van der Waals surface area contributed by atoms with Gasteiger partial charge < -0.3 is 10.6 Å². The molecule has 2 nitrogen and oxygen atoms in total. The van der Waals surface area contributed by atoms with Gasteiger partial charge >= 0.3 is 0 Å². The fourth-order valence-corrected chi connectivity index (χ4v) is 2.65. The van der Waals surface area contributed by atoms with Crippen molar-refractivity contribution in [3.05, 3.63) is 29.6 Å². The zero-order valence-electron chi connectivity index (χ0n) is 10.5. The first-order chi connectivity index (χ1) is 8.24. The van der Waals surface area contributed by atoms with Crippen LogP contribution in [0.25, 0.3) is 0 Å². The zero-order valence-corrected chi connectivity index (χ0v) is 10.5. The van der Waals surface area contributed by atoms with Crippen LogP contribution >= 0.6 is 0 Å². The van der Waals surface area contributed by atoms with Crippen molar-refractivity contribution in [1.29, 1.82) is 0 Å². The predicted octanol–water partition coefficient (Wildman–Crippen LogP) is 3.05. The molecule has 1 aliphatic rings. The van der Waals surface area contributed by atoms with E-state index >= 15 is 0 Å². The van der Waals surface area contributed by atoms with Gasteiger partial charge in [-0.2, -0.15) is 0 Å². The highest BCUT2D eigenvalue weighted by Gasteiger charge is 2.20. The first kappa shape index (κ1) is 12.4. The number of halogens is 1. The highest BCUT2D eigenvalue weighted by molar-refractivity contribution is 5.55. The van der Waals surface area contributed by atoms with Gasteiger partial charge in [0.25, 0.3) is 0 Å². The first-order valence-corrected chi connectivity index (χ1v) is 6.48. The average molecular weight is 236 g/mol.